The van der Waals surface area contributed by atoms with Crippen LogP contribution in [0, 0.1) is 11.8 Å². The van der Waals surface area contributed by atoms with E-state index in [0.717, 1.165) is 23.6 Å². The molecule has 0 spiro atoms. The molecule has 0 bridgehead atoms. The van der Waals surface area contributed by atoms with Crippen LogP contribution in [0.2, 0.25) is 0 Å². The van der Waals surface area contributed by atoms with Gasteiger partial charge in [-0.2, -0.15) is 0 Å². The topological polar surface area (TPSA) is 12.5 Å². The van der Waals surface area contributed by atoms with Crippen molar-refractivity contribution < 1.29 is 4.74 Å². The summed E-state index contributed by atoms with van der Waals surface area (Å²) in [6.45, 7) is 2.71. The summed E-state index contributed by atoms with van der Waals surface area (Å²) in [5.41, 5.74) is 3.00. The summed E-state index contributed by atoms with van der Waals surface area (Å²) in [5, 5.41) is 0. The predicted molar refractivity (Wildman–Crippen MR) is 85.8 cm³/mol. The van der Waals surface area contributed by atoms with Crippen molar-refractivity contribution in [3.05, 3.63) is 29.3 Å². The molecule has 0 aliphatic heterocycles. The molecule has 3 aliphatic rings. The van der Waals surface area contributed by atoms with Crippen molar-refractivity contribution in [1.29, 1.82) is 0 Å². The molecule has 0 heterocycles. The van der Waals surface area contributed by atoms with Crippen molar-refractivity contribution in [3.63, 3.8) is 0 Å². The molecular formula is C19H27NO. The summed E-state index contributed by atoms with van der Waals surface area (Å²) in [7, 11) is 1.81. The van der Waals surface area contributed by atoms with Crippen LogP contribution in [0.5, 0.6) is 5.75 Å². The molecule has 0 aromatic heterocycles. The average Bonchev–Trinajstić information content (AvgIpc) is 3.41. The Hall–Kier alpha value is -1.02. The molecule has 1 unspecified atom stereocenters. The average molecular weight is 285 g/mol. The van der Waals surface area contributed by atoms with Gasteiger partial charge in [-0.1, -0.05) is 12.1 Å². The zero-order chi connectivity index (χ0) is 14.2. The highest BCUT2D eigenvalue weighted by Gasteiger charge is 2.34. The number of aryl methyl sites for hydroxylation is 1. The van der Waals surface area contributed by atoms with Gasteiger partial charge in [0.1, 0.15) is 5.75 Å². The fourth-order valence-electron chi connectivity index (χ4n) is 3.88. The van der Waals surface area contributed by atoms with Gasteiger partial charge in [-0.3, -0.25) is 4.90 Å². The molecular weight excluding hydrogens is 258 g/mol. The van der Waals surface area contributed by atoms with E-state index in [1.807, 2.05) is 7.11 Å². The fraction of sp³-hybridized carbons (Fsp3) is 0.684. The highest BCUT2D eigenvalue weighted by molar-refractivity contribution is 5.42. The molecule has 2 nitrogen and oxygen atoms in total. The molecule has 0 amide bonds. The quantitative estimate of drug-likeness (QED) is 0.790. The van der Waals surface area contributed by atoms with Crippen LogP contribution in [0.4, 0.5) is 0 Å². The van der Waals surface area contributed by atoms with Crippen LogP contribution in [0.15, 0.2) is 18.2 Å². The van der Waals surface area contributed by atoms with Gasteiger partial charge in [-0.05, 0) is 74.0 Å². The fourth-order valence-corrected chi connectivity index (χ4v) is 3.88. The third-order valence-corrected chi connectivity index (χ3v) is 5.53. The smallest absolute Gasteiger partial charge is 0.122 e. The van der Waals surface area contributed by atoms with E-state index in [1.165, 1.54) is 69.2 Å². The molecule has 21 heavy (non-hydrogen) atoms. The number of fused-ring (bicyclic) bond motifs is 1. The van der Waals surface area contributed by atoms with Gasteiger partial charge in [0, 0.05) is 19.1 Å². The lowest BCUT2D eigenvalue weighted by Crippen LogP contribution is -2.41. The van der Waals surface area contributed by atoms with Crippen LogP contribution >= 0.6 is 0 Å². The van der Waals surface area contributed by atoms with Crippen molar-refractivity contribution in [2.45, 2.75) is 51.0 Å². The summed E-state index contributed by atoms with van der Waals surface area (Å²) in [6.07, 6.45) is 9.62. The predicted octanol–water partition coefficient (Wildman–Crippen LogP) is 3.67. The molecule has 0 N–H and O–H groups in total. The van der Waals surface area contributed by atoms with Crippen LogP contribution in [0.25, 0.3) is 0 Å². The highest BCUT2D eigenvalue weighted by Crippen LogP contribution is 2.37. The number of rotatable bonds is 6. The van der Waals surface area contributed by atoms with Gasteiger partial charge in [-0.25, -0.2) is 0 Å². The molecule has 1 atom stereocenters. The van der Waals surface area contributed by atoms with Gasteiger partial charge < -0.3 is 4.74 Å². The molecule has 3 aliphatic carbocycles. The normalized spacial score (nSPS) is 25.0. The Balaban J connectivity index is 1.51. The number of benzene rings is 1. The van der Waals surface area contributed by atoms with Gasteiger partial charge >= 0.3 is 0 Å². The van der Waals surface area contributed by atoms with Crippen molar-refractivity contribution in [2.75, 3.05) is 20.2 Å². The SMILES string of the molecule is COc1cccc2c1CC(N(CC1CC1)CC1CC1)CC2. The number of ether oxygens (including phenoxy) is 1. The van der Waals surface area contributed by atoms with Crippen LogP contribution in [0.3, 0.4) is 0 Å². The maximum absolute atomic E-state index is 5.61. The zero-order valence-electron chi connectivity index (χ0n) is 13.2. The lowest BCUT2D eigenvalue weighted by Gasteiger charge is -2.36. The Morgan fingerprint density at radius 2 is 1.76 bits per heavy atom. The van der Waals surface area contributed by atoms with Gasteiger partial charge in [0.05, 0.1) is 7.11 Å². The second-order valence-electron chi connectivity index (χ2n) is 7.34. The zero-order valence-corrected chi connectivity index (χ0v) is 13.2. The summed E-state index contributed by atoms with van der Waals surface area (Å²) >= 11 is 0. The minimum atomic E-state index is 0.745. The second-order valence-corrected chi connectivity index (χ2v) is 7.34. The molecule has 2 heteroatoms. The Kier molecular flexibility index (Phi) is 3.66. The third-order valence-electron chi connectivity index (χ3n) is 5.53. The first-order chi connectivity index (χ1) is 10.3. The van der Waals surface area contributed by atoms with Crippen molar-refractivity contribution in [1.82, 2.24) is 4.90 Å². The van der Waals surface area contributed by atoms with E-state index in [-0.39, 0.29) is 0 Å². The standard InChI is InChI=1S/C19H27NO/c1-21-19-4-2-3-16-9-10-17(11-18(16)19)20(12-14-5-6-14)13-15-7-8-15/h2-4,14-15,17H,5-13H2,1H3. The Bertz CT molecular complexity index is 476. The van der Waals surface area contributed by atoms with Crippen molar-refractivity contribution in [3.8, 4) is 5.75 Å². The third kappa shape index (κ3) is 3.11. The van der Waals surface area contributed by atoms with Crippen molar-refractivity contribution >= 4 is 0 Å². The molecule has 114 valence electrons. The maximum Gasteiger partial charge on any atom is 0.122 e. The Morgan fingerprint density at radius 1 is 1.05 bits per heavy atom. The maximum atomic E-state index is 5.61. The second kappa shape index (κ2) is 5.64. The number of hydrogen-bond donors (Lipinski definition) is 0. The minimum Gasteiger partial charge on any atom is -0.496 e. The summed E-state index contributed by atoms with van der Waals surface area (Å²) in [6, 6.07) is 7.31. The monoisotopic (exact) mass is 285 g/mol. The van der Waals surface area contributed by atoms with Gasteiger partial charge in [0.15, 0.2) is 0 Å². The van der Waals surface area contributed by atoms with Gasteiger partial charge in [0.2, 0.25) is 0 Å². The molecule has 4 rings (SSSR count). The largest absolute Gasteiger partial charge is 0.496 e. The summed E-state index contributed by atoms with van der Waals surface area (Å²) < 4.78 is 5.61. The van der Waals surface area contributed by atoms with Crippen LogP contribution < -0.4 is 4.74 Å². The first kappa shape index (κ1) is 13.6. The lowest BCUT2D eigenvalue weighted by atomic mass is 9.86. The lowest BCUT2D eigenvalue weighted by molar-refractivity contribution is 0.164. The van der Waals surface area contributed by atoms with Gasteiger partial charge in [0.25, 0.3) is 0 Å². The number of nitrogens with zero attached hydrogens (tertiary/aromatic N) is 1. The van der Waals surface area contributed by atoms with E-state index in [1.54, 1.807) is 0 Å². The van der Waals surface area contributed by atoms with E-state index in [0.29, 0.717) is 0 Å². The molecule has 1 aromatic rings. The minimum absolute atomic E-state index is 0.745. The van der Waals surface area contributed by atoms with Crippen LogP contribution in [0.1, 0.15) is 43.2 Å². The Labute approximate surface area is 128 Å². The van der Waals surface area contributed by atoms with Crippen LogP contribution in [-0.2, 0) is 12.8 Å². The van der Waals surface area contributed by atoms with Gasteiger partial charge in [-0.15, -0.1) is 0 Å². The summed E-state index contributed by atoms with van der Waals surface area (Å²) in [5.74, 6) is 3.11. The highest BCUT2D eigenvalue weighted by atomic mass is 16.5. The van der Waals surface area contributed by atoms with E-state index in [9.17, 15) is 0 Å². The van der Waals surface area contributed by atoms with E-state index in [2.05, 4.69) is 23.1 Å². The van der Waals surface area contributed by atoms with E-state index in [4.69, 9.17) is 4.74 Å². The summed E-state index contributed by atoms with van der Waals surface area (Å²) in [4.78, 5) is 2.84. The molecule has 2 fully saturated rings. The first-order valence-electron chi connectivity index (χ1n) is 8.72. The Morgan fingerprint density at radius 3 is 2.38 bits per heavy atom. The number of methoxy groups -OCH3 is 1. The van der Waals surface area contributed by atoms with E-state index < -0.39 is 0 Å². The number of hydrogen-bond acceptors (Lipinski definition) is 2. The van der Waals surface area contributed by atoms with E-state index >= 15 is 0 Å². The molecule has 0 radical (unpaired) electrons. The molecule has 2 saturated carbocycles. The molecule has 0 saturated heterocycles. The van der Waals surface area contributed by atoms with Crippen molar-refractivity contribution in [2.24, 2.45) is 11.8 Å². The molecule has 1 aromatic carbocycles. The van der Waals surface area contributed by atoms with Crippen LogP contribution in [-0.4, -0.2) is 31.1 Å². The first-order valence-corrected chi connectivity index (χ1v) is 8.72.